The van der Waals surface area contributed by atoms with Crippen molar-refractivity contribution in [2.75, 3.05) is 16.8 Å². The molecule has 1 N–H and O–H groups in total. The topological polar surface area (TPSA) is 24.9 Å². The molecular formula is C11H16N2S. The summed E-state index contributed by atoms with van der Waals surface area (Å²) >= 11 is 2.05. The van der Waals surface area contributed by atoms with Crippen LogP contribution in [0.5, 0.6) is 0 Å². The molecule has 1 saturated heterocycles. The summed E-state index contributed by atoms with van der Waals surface area (Å²) < 4.78 is 0. The lowest BCUT2D eigenvalue weighted by atomic mass is 10.1. The maximum Gasteiger partial charge on any atom is 0.126 e. The Bertz CT molecular complexity index is 295. The average molecular weight is 208 g/mol. The number of anilines is 1. The summed E-state index contributed by atoms with van der Waals surface area (Å²) in [6.45, 7) is 2.10. The highest BCUT2D eigenvalue weighted by molar-refractivity contribution is 7.99. The number of aryl methyl sites for hydroxylation is 1. The van der Waals surface area contributed by atoms with Crippen molar-refractivity contribution in [3.8, 4) is 0 Å². The number of pyridine rings is 1. The average Bonchev–Trinajstić information content (AvgIpc) is 2.19. The summed E-state index contributed by atoms with van der Waals surface area (Å²) in [7, 11) is 0. The zero-order chi connectivity index (χ0) is 9.80. The molecular weight excluding hydrogens is 192 g/mol. The van der Waals surface area contributed by atoms with Crippen LogP contribution in [0.1, 0.15) is 18.4 Å². The number of hydrogen-bond donors (Lipinski definition) is 1. The number of hydrogen-bond acceptors (Lipinski definition) is 3. The number of nitrogens with one attached hydrogen (secondary N) is 1. The lowest BCUT2D eigenvalue weighted by Gasteiger charge is -2.23. The molecule has 3 heteroatoms. The van der Waals surface area contributed by atoms with Crippen LogP contribution in [0.25, 0.3) is 0 Å². The molecule has 2 heterocycles. The Morgan fingerprint density at radius 1 is 1.43 bits per heavy atom. The van der Waals surface area contributed by atoms with Gasteiger partial charge in [0.15, 0.2) is 0 Å². The molecule has 1 aliphatic heterocycles. The van der Waals surface area contributed by atoms with Gasteiger partial charge in [0.1, 0.15) is 5.82 Å². The van der Waals surface area contributed by atoms with E-state index < -0.39 is 0 Å². The first-order valence-corrected chi connectivity index (χ1v) is 6.27. The summed E-state index contributed by atoms with van der Waals surface area (Å²) in [5.41, 5.74) is 1.27. The van der Waals surface area contributed by atoms with Gasteiger partial charge in [0.25, 0.3) is 0 Å². The molecule has 0 amide bonds. The predicted molar refractivity (Wildman–Crippen MR) is 62.9 cm³/mol. The van der Waals surface area contributed by atoms with E-state index in [0.717, 1.165) is 5.82 Å². The van der Waals surface area contributed by atoms with Crippen LogP contribution in [0.2, 0.25) is 0 Å². The molecule has 1 aromatic heterocycles. The monoisotopic (exact) mass is 208 g/mol. The highest BCUT2D eigenvalue weighted by atomic mass is 32.2. The molecule has 1 aliphatic rings. The summed E-state index contributed by atoms with van der Waals surface area (Å²) in [6, 6.07) is 4.77. The summed E-state index contributed by atoms with van der Waals surface area (Å²) in [5, 5.41) is 3.50. The van der Waals surface area contributed by atoms with Gasteiger partial charge in [0.05, 0.1) is 0 Å². The number of aromatic nitrogens is 1. The van der Waals surface area contributed by atoms with Gasteiger partial charge >= 0.3 is 0 Å². The van der Waals surface area contributed by atoms with E-state index in [1.54, 1.807) is 0 Å². The molecule has 0 bridgehead atoms. The van der Waals surface area contributed by atoms with Gasteiger partial charge in [-0.3, -0.25) is 0 Å². The number of rotatable bonds is 2. The maximum absolute atomic E-state index is 4.32. The van der Waals surface area contributed by atoms with E-state index in [9.17, 15) is 0 Å². The molecule has 2 nitrogen and oxygen atoms in total. The van der Waals surface area contributed by atoms with Crippen LogP contribution >= 0.6 is 11.8 Å². The highest BCUT2D eigenvalue weighted by Crippen LogP contribution is 2.20. The lowest BCUT2D eigenvalue weighted by Crippen LogP contribution is -2.24. The third kappa shape index (κ3) is 2.64. The molecule has 1 fully saturated rings. The second-order valence-corrected chi connectivity index (χ2v) is 4.97. The first-order chi connectivity index (χ1) is 6.84. The van der Waals surface area contributed by atoms with Crippen molar-refractivity contribution >= 4 is 17.6 Å². The zero-order valence-corrected chi connectivity index (χ0v) is 9.31. The summed E-state index contributed by atoms with van der Waals surface area (Å²) in [6.07, 6.45) is 4.40. The van der Waals surface area contributed by atoms with Gasteiger partial charge in [0, 0.05) is 12.2 Å². The van der Waals surface area contributed by atoms with Gasteiger partial charge in [-0.1, -0.05) is 0 Å². The molecule has 0 aliphatic carbocycles. The Kier molecular flexibility index (Phi) is 3.30. The Morgan fingerprint density at radius 3 is 2.93 bits per heavy atom. The number of thioether (sulfide) groups is 1. The van der Waals surface area contributed by atoms with Crippen LogP contribution < -0.4 is 5.32 Å². The Hall–Kier alpha value is -0.700. The van der Waals surface area contributed by atoms with Gasteiger partial charge in [-0.05, 0) is 49.0 Å². The molecule has 0 atom stereocenters. The van der Waals surface area contributed by atoms with Crippen LogP contribution in [0, 0.1) is 6.92 Å². The largest absolute Gasteiger partial charge is 0.367 e. The fraction of sp³-hybridized carbons (Fsp3) is 0.545. The van der Waals surface area contributed by atoms with Crippen molar-refractivity contribution in [3.05, 3.63) is 23.9 Å². The second kappa shape index (κ2) is 4.69. The fourth-order valence-electron chi connectivity index (χ4n) is 1.67. The van der Waals surface area contributed by atoms with Gasteiger partial charge in [-0.2, -0.15) is 11.8 Å². The van der Waals surface area contributed by atoms with Crippen molar-refractivity contribution in [3.63, 3.8) is 0 Å². The SMILES string of the molecule is Cc1ccnc(NC2CCSCC2)c1. The molecule has 76 valence electrons. The quantitative estimate of drug-likeness (QED) is 0.809. The van der Waals surface area contributed by atoms with Crippen molar-refractivity contribution in [2.45, 2.75) is 25.8 Å². The van der Waals surface area contributed by atoms with Crippen molar-refractivity contribution < 1.29 is 0 Å². The molecule has 0 unspecified atom stereocenters. The van der Waals surface area contributed by atoms with Crippen molar-refractivity contribution in [2.24, 2.45) is 0 Å². The minimum atomic E-state index is 0.630. The van der Waals surface area contributed by atoms with Gasteiger partial charge in [-0.25, -0.2) is 4.98 Å². The van der Waals surface area contributed by atoms with Crippen LogP contribution in [0.15, 0.2) is 18.3 Å². The zero-order valence-electron chi connectivity index (χ0n) is 8.49. The Morgan fingerprint density at radius 2 is 2.21 bits per heavy atom. The fourth-order valence-corrected chi connectivity index (χ4v) is 2.77. The first-order valence-electron chi connectivity index (χ1n) is 5.11. The third-order valence-electron chi connectivity index (χ3n) is 2.49. The molecule has 2 rings (SSSR count). The van der Waals surface area contributed by atoms with Gasteiger partial charge in [0.2, 0.25) is 0 Å². The molecule has 0 saturated carbocycles. The molecule has 1 aromatic rings. The Labute approximate surface area is 89.5 Å². The summed E-state index contributed by atoms with van der Waals surface area (Å²) in [4.78, 5) is 4.32. The van der Waals surface area contributed by atoms with E-state index >= 15 is 0 Å². The Balaban J connectivity index is 1.95. The van der Waals surface area contributed by atoms with E-state index in [2.05, 4.69) is 35.1 Å². The van der Waals surface area contributed by atoms with Crippen LogP contribution in [-0.4, -0.2) is 22.5 Å². The van der Waals surface area contributed by atoms with E-state index in [0.29, 0.717) is 6.04 Å². The molecule has 14 heavy (non-hydrogen) atoms. The second-order valence-electron chi connectivity index (χ2n) is 3.75. The summed E-state index contributed by atoms with van der Waals surface area (Å²) in [5.74, 6) is 3.59. The molecule has 0 spiro atoms. The van der Waals surface area contributed by atoms with Crippen LogP contribution in [0.3, 0.4) is 0 Å². The minimum absolute atomic E-state index is 0.630. The minimum Gasteiger partial charge on any atom is -0.367 e. The van der Waals surface area contributed by atoms with Gasteiger partial charge < -0.3 is 5.32 Å². The first kappa shape index (κ1) is 9.84. The molecule has 0 radical (unpaired) electrons. The van der Waals surface area contributed by atoms with Crippen molar-refractivity contribution in [1.29, 1.82) is 0 Å². The highest BCUT2D eigenvalue weighted by Gasteiger charge is 2.13. The van der Waals surface area contributed by atoms with Gasteiger partial charge in [-0.15, -0.1) is 0 Å². The van der Waals surface area contributed by atoms with Crippen molar-refractivity contribution in [1.82, 2.24) is 4.98 Å². The molecule has 0 aromatic carbocycles. The predicted octanol–water partition coefficient (Wildman–Crippen LogP) is 2.70. The standard InChI is InChI=1S/C11H16N2S/c1-9-2-5-12-11(8-9)13-10-3-6-14-7-4-10/h2,5,8,10H,3-4,6-7H2,1H3,(H,12,13). The maximum atomic E-state index is 4.32. The van der Waals surface area contributed by atoms with E-state index in [1.165, 1.54) is 29.9 Å². The number of nitrogens with zero attached hydrogens (tertiary/aromatic N) is 1. The van der Waals surface area contributed by atoms with E-state index in [1.807, 2.05) is 12.3 Å². The smallest absolute Gasteiger partial charge is 0.126 e. The van der Waals surface area contributed by atoms with Crippen LogP contribution in [-0.2, 0) is 0 Å². The van der Waals surface area contributed by atoms with E-state index in [4.69, 9.17) is 0 Å². The van der Waals surface area contributed by atoms with E-state index in [-0.39, 0.29) is 0 Å². The third-order valence-corrected chi connectivity index (χ3v) is 3.54. The normalized spacial score (nSPS) is 18.1. The van der Waals surface area contributed by atoms with Crippen LogP contribution in [0.4, 0.5) is 5.82 Å². The lowest BCUT2D eigenvalue weighted by molar-refractivity contribution is 0.664.